The normalized spacial score (nSPS) is 10.8. The Morgan fingerprint density at radius 2 is 1.81 bits per heavy atom. The molecular weight excluding hydrogens is 454 g/mol. The second kappa shape index (κ2) is 11.6. The molecule has 2 amide bonds. The maximum atomic E-state index is 12.3. The van der Waals surface area contributed by atoms with Crippen molar-refractivity contribution in [2.75, 3.05) is 13.2 Å². The van der Waals surface area contributed by atoms with Gasteiger partial charge in [0.05, 0.1) is 25.1 Å². The van der Waals surface area contributed by atoms with Crippen LogP contribution in [0.4, 0.5) is 0 Å². The van der Waals surface area contributed by atoms with Gasteiger partial charge in [-0.25, -0.2) is 10.1 Å². The van der Waals surface area contributed by atoms with Crippen LogP contribution in [0.25, 0.3) is 16.9 Å². The second-order valence-electron chi connectivity index (χ2n) is 8.02. The van der Waals surface area contributed by atoms with Crippen LogP contribution in [0.3, 0.4) is 0 Å². The first-order valence-electron chi connectivity index (χ1n) is 11.6. The number of nitrogens with zero attached hydrogens (tertiary/aromatic N) is 3. The standard InChI is InChI=1S/C28H27N5O3/c1-3-36-25-14-12-21(13-15-25)28(35)29-18-26(34)31-30-17-23-19-33(24-10-5-4-6-11-24)32-27(23)22-9-7-8-20(2)16-22/h4-17,19H,3,18H2,1-2H3,(H,29,35)(H,31,34)/b30-17-. The zero-order valence-electron chi connectivity index (χ0n) is 20.1. The smallest absolute Gasteiger partial charge is 0.259 e. The van der Waals surface area contributed by atoms with Crippen molar-refractivity contribution in [3.8, 4) is 22.7 Å². The third kappa shape index (κ3) is 6.24. The highest BCUT2D eigenvalue weighted by Gasteiger charge is 2.12. The van der Waals surface area contributed by atoms with Gasteiger partial charge in [-0.2, -0.15) is 10.2 Å². The van der Waals surface area contributed by atoms with E-state index in [0.29, 0.717) is 17.9 Å². The van der Waals surface area contributed by atoms with Gasteiger partial charge in [0, 0.05) is 22.9 Å². The summed E-state index contributed by atoms with van der Waals surface area (Å²) in [6.07, 6.45) is 3.41. The molecule has 0 saturated carbocycles. The summed E-state index contributed by atoms with van der Waals surface area (Å²) in [5.41, 5.74) is 7.34. The van der Waals surface area contributed by atoms with Crippen molar-refractivity contribution in [1.29, 1.82) is 0 Å². The SMILES string of the molecule is CCOc1ccc(C(=O)NCC(=O)N/N=C\c2cn(-c3ccccc3)nc2-c2cccc(C)c2)cc1. The van der Waals surface area contributed by atoms with E-state index in [1.54, 1.807) is 35.2 Å². The van der Waals surface area contributed by atoms with Crippen LogP contribution in [-0.2, 0) is 4.79 Å². The van der Waals surface area contributed by atoms with Crippen molar-refractivity contribution >= 4 is 18.0 Å². The molecule has 4 rings (SSSR count). The lowest BCUT2D eigenvalue weighted by Crippen LogP contribution is -2.34. The highest BCUT2D eigenvalue weighted by atomic mass is 16.5. The van der Waals surface area contributed by atoms with Crippen molar-refractivity contribution in [2.45, 2.75) is 13.8 Å². The van der Waals surface area contributed by atoms with Gasteiger partial charge >= 0.3 is 0 Å². The van der Waals surface area contributed by atoms with Crippen LogP contribution in [0.1, 0.15) is 28.4 Å². The van der Waals surface area contributed by atoms with Crippen molar-refractivity contribution in [2.24, 2.45) is 5.10 Å². The van der Waals surface area contributed by atoms with E-state index in [0.717, 1.165) is 28.1 Å². The van der Waals surface area contributed by atoms with E-state index in [1.807, 2.05) is 74.6 Å². The second-order valence-corrected chi connectivity index (χ2v) is 8.02. The number of benzene rings is 3. The van der Waals surface area contributed by atoms with Gasteiger partial charge < -0.3 is 10.1 Å². The van der Waals surface area contributed by atoms with Gasteiger partial charge in [-0.05, 0) is 56.3 Å². The van der Waals surface area contributed by atoms with Gasteiger partial charge in [-0.15, -0.1) is 0 Å². The predicted octanol–water partition coefficient (Wildman–Crippen LogP) is 4.13. The summed E-state index contributed by atoms with van der Waals surface area (Å²) in [5.74, 6) is -0.122. The Morgan fingerprint density at radius 3 is 2.53 bits per heavy atom. The van der Waals surface area contributed by atoms with Crippen LogP contribution in [0.5, 0.6) is 5.75 Å². The Morgan fingerprint density at radius 1 is 1.03 bits per heavy atom. The van der Waals surface area contributed by atoms with Gasteiger partial charge in [0.1, 0.15) is 11.4 Å². The first kappa shape index (κ1) is 24.4. The van der Waals surface area contributed by atoms with Crippen molar-refractivity contribution in [3.63, 3.8) is 0 Å². The van der Waals surface area contributed by atoms with Gasteiger partial charge in [-0.3, -0.25) is 9.59 Å². The van der Waals surface area contributed by atoms with Crippen LogP contribution in [0, 0.1) is 6.92 Å². The van der Waals surface area contributed by atoms with Crippen LogP contribution in [0.2, 0.25) is 0 Å². The summed E-state index contributed by atoms with van der Waals surface area (Å²) in [5, 5.41) is 11.4. The number of ether oxygens (including phenoxy) is 1. The third-order valence-electron chi connectivity index (χ3n) is 5.28. The largest absolute Gasteiger partial charge is 0.494 e. The lowest BCUT2D eigenvalue weighted by atomic mass is 10.1. The number of rotatable bonds is 9. The van der Waals surface area contributed by atoms with E-state index in [-0.39, 0.29) is 12.5 Å². The fourth-order valence-electron chi connectivity index (χ4n) is 3.56. The van der Waals surface area contributed by atoms with E-state index in [4.69, 9.17) is 9.84 Å². The van der Waals surface area contributed by atoms with E-state index >= 15 is 0 Å². The molecule has 182 valence electrons. The minimum Gasteiger partial charge on any atom is -0.494 e. The van der Waals surface area contributed by atoms with Crippen molar-refractivity contribution in [3.05, 3.63) is 102 Å². The van der Waals surface area contributed by atoms with E-state index in [9.17, 15) is 9.59 Å². The molecule has 0 spiro atoms. The lowest BCUT2D eigenvalue weighted by molar-refractivity contribution is -0.120. The average Bonchev–Trinajstić information content (AvgIpc) is 3.33. The van der Waals surface area contributed by atoms with Gasteiger partial charge in [-0.1, -0.05) is 42.0 Å². The van der Waals surface area contributed by atoms with Crippen LogP contribution >= 0.6 is 0 Å². The molecule has 36 heavy (non-hydrogen) atoms. The molecule has 8 nitrogen and oxygen atoms in total. The average molecular weight is 482 g/mol. The van der Waals surface area contributed by atoms with Crippen LogP contribution in [0.15, 0.2) is 90.2 Å². The number of nitrogens with one attached hydrogen (secondary N) is 2. The Bertz CT molecular complexity index is 1360. The molecule has 8 heteroatoms. The fourth-order valence-corrected chi connectivity index (χ4v) is 3.56. The molecule has 0 atom stereocenters. The topological polar surface area (TPSA) is 97.6 Å². The minimum atomic E-state index is -0.446. The van der Waals surface area contributed by atoms with E-state index in [2.05, 4.69) is 15.8 Å². The number of hydrogen-bond donors (Lipinski definition) is 2. The molecule has 0 bridgehead atoms. The number of carbonyl (C=O) groups excluding carboxylic acids is 2. The molecule has 0 saturated heterocycles. The summed E-state index contributed by atoms with van der Waals surface area (Å²) >= 11 is 0. The number of amides is 2. The minimum absolute atomic E-state index is 0.211. The first-order valence-corrected chi connectivity index (χ1v) is 11.6. The summed E-state index contributed by atoms with van der Waals surface area (Å²) < 4.78 is 7.15. The van der Waals surface area contributed by atoms with E-state index in [1.165, 1.54) is 0 Å². The number of para-hydroxylation sites is 1. The number of hydrazone groups is 1. The molecular formula is C28H27N5O3. The molecule has 0 fully saturated rings. The summed E-state index contributed by atoms with van der Waals surface area (Å²) in [6.45, 7) is 4.25. The Labute approximate surface area is 209 Å². The zero-order valence-corrected chi connectivity index (χ0v) is 20.1. The number of aromatic nitrogens is 2. The van der Waals surface area contributed by atoms with Crippen molar-refractivity contribution in [1.82, 2.24) is 20.5 Å². The molecule has 0 unspecified atom stereocenters. The maximum absolute atomic E-state index is 12.3. The highest BCUT2D eigenvalue weighted by Crippen LogP contribution is 2.23. The van der Waals surface area contributed by atoms with Gasteiger partial charge in [0.2, 0.25) is 0 Å². The number of hydrogen-bond acceptors (Lipinski definition) is 5. The number of carbonyl (C=O) groups is 2. The molecule has 0 aliphatic heterocycles. The van der Waals surface area contributed by atoms with Crippen molar-refractivity contribution < 1.29 is 14.3 Å². The van der Waals surface area contributed by atoms with Crippen LogP contribution < -0.4 is 15.5 Å². The molecule has 4 aromatic rings. The summed E-state index contributed by atoms with van der Waals surface area (Å²) in [7, 11) is 0. The zero-order chi connectivity index (χ0) is 25.3. The molecule has 3 aromatic carbocycles. The monoisotopic (exact) mass is 481 g/mol. The third-order valence-corrected chi connectivity index (χ3v) is 5.28. The highest BCUT2D eigenvalue weighted by molar-refractivity contribution is 5.96. The molecule has 2 N–H and O–H groups in total. The Kier molecular flexibility index (Phi) is 7.87. The Hall–Kier alpha value is -4.72. The Balaban J connectivity index is 1.42. The predicted molar refractivity (Wildman–Crippen MR) is 139 cm³/mol. The first-order chi connectivity index (χ1) is 17.5. The van der Waals surface area contributed by atoms with Gasteiger partial charge in [0.25, 0.3) is 11.8 Å². The molecule has 0 aliphatic carbocycles. The number of aryl methyl sites for hydroxylation is 1. The molecule has 0 aliphatic rings. The molecule has 1 heterocycles. The fraction of sp³-hybridized carbons (Fsp3) is 0.143. The van der Waals surface area contributed by atoms with Gasteiger partial charge in [0.15, 0.2) is 0 Å². The molecule has 0 radical (unpaired) electrons. The summed E-state index contributed by atoms with van der Waals surface area (Å²) in [4.78, 5) is 24.6. The maximum Gasteiger partial charge on any atom is 0.259 e. The van der Waals surface area contributed by atoms with E-state index < -0.39 is 5.91 Å². The summed E-state index contributed by atoms with van der Waals surface area (Å²) in [6, 6.07) is 24.5. The van der Waals surface area contributed by atoms with Crippen LogP contribution in [-0.4, -0.2) is 41.0 Å². The quantitative estimate of drug-likeness (QED) is 0.278. The lowest BCUT2D eigenvalue weighted by Gasteiger charge is -2.06. The molecule has 1 aromatic heterocycles.